The average Bonchev–Trinajstić information content (AvgIpc) is 3.16. The first kappa shape index (κ1) is 18.7. The van der Waals surface area contributed by atoms with Gasteiger partial charge in [-0.15, -0.1) is 0 Å². The van der Waals surface area contributed by atoms with Gasteiger partial charge in [0.2, 0.25) is 0 Å². The Balaban J connectivity index is 1.39. The van der Waals surface area contributed by atoms with E-state index in [1.54, 1.807) is 29.2 Å². The molecule has 0 spiro atoms. The van der Waals surface area contributed by atoms with Crippen molar-refractivity contribution in [2.75, 3.05) is 19.3 Å². The van der Waals surface area contributed by atoms with Crippen LogP contribution in [0.15, 0.2) is 65.2 Å². The maximum atomic E-state index is 12.4. The van der Waals surface area contributed by atoms with Crippen LogP contribution in [0.25, 0.3) is 11.3 Å². The minimum Gasteiger partial charge on any atom is -0.399 e. The van der Waals surface area contributed by atoms with E-state index in [0.717, 1.165) is 49.2 Å². The number of carbonyl (C=O) groups excluding carboxylic acids is 1. The smallest absolute Gasteiger partial charge is 0.253 e. The Hall–Kier alpha value is -3.08. The summed E-state index contributed by atoms with van der Waals surface area (Å²) in [6.45, 7) is 0.722. The molecule has 140 valence electrons. The minimum absolute atomic E-state index is 0.00466. The topological polar surface area (TPSA) is 72.4 Å². The molecule has 0 unspecified atom stereocenters. The van der Waals surface area contributed by atoms with Crippen molar-refractivity contribution in [1.82, 2.24) is 10.1 Å². The molecule has 0 aliphatic heterocycles. The van der Waals surface area contributed by atoms with Crippen molar-refractivity contribution in [3.63, 3.8) is 0 Å². The molecule has 0 fully saturated rings. The number of rotatable bonds is 8. The third-order valence-corrected chi connectivity index (χ3v) is 4.53. The molecule has 0 radical (unpaired) electrons. The van der Waals surface area contributed by atoms with Crippen LogP contribution >= 0.6 is 0 Å². The van der Waals surface area contributed by atoms with Crippen LogP contribution in [0.1, 0.15) is 35.4 Å². The standard InChI is InChI=1S/C22H25N3O2/c1-25(22(26)18-11-8-12-19(23)15-18)14-7-3-6-13-20-16-21(24-27-20)17-9-4-2-5-10-17/h2,4-5,8-12,15-16H,3,6-7,13-14,23H2,1H3. The number of benzene rings is 2. The molecule has 0 saturated heterocycles. The molecule has 0 saturated carbocycles. The lowest BCUT2D eigenvalue weighted by Crippen LogP contribution is -2.27. The molecule has 5 heteroatoms. The van der Waals surface area contributed by atoms with E-state index in [0.29, 0.717) is 11.3 Å². The summed E-state index contributed by atoms with van der Waals surface area (Å²) in [7, 11) is 1.83. The van der Waals surface area contributed by atoms with E-state index in [-0.39, 0.29) is 5.91 Å². The zero-order valence-corrected chi connectivity index (χ0v) is 15.6. The van der Waals surface area contributed by atoms with Crippen LogP contribution in [0.3, 0.4) is 0 Å². The third-order valence-electron chi connectivity index (χ3n) is 4.53. The van der Waals surface area contributed by atoms with E-state index in [2.05, 4.69) is 5.16 Å². The number of aromatic nitrogens is 1. The third kappa shape index (κ3) is 5.20. The van der Waals surface area contributed by atoms with Gasteiger partial charge in [-0.3, -0.25) is 4.79 Å². The van der Waals surface area contributed by atoms with Crippen LogP contribution in [0.4, 0.5) is 5.69 Å². The summed E-state index contributed by atoms with van der Waals surface area (Å²) in [5.41, 5.74) is 8.92. The highest BCUT2D eigenvalue weighted by Crippen LogP contribution is 2.19. The van der Waals surface area contributed by atoms with E-state index < -0.39 is 0 Å². The molecule has 2 N–H and O–H groups in total. The maximum Gasteiger partial charge on any atom is 0.253 e. The predicted octanol–water partition coefficient (Wildman–Crippen LogP) is 4.41. The molecule has 0 aliphatic rings. The van der Waals surface area contributed by atoms with Gasteiger partial charge in [0.25, 0.3) is 5.91 Å². The van der Waals surface area contributed by atoms with Crippen LogP contribution < -0.4 is 5.73 Å². The largest absolute Gasteiger partial charge is 0.399 e. The predicted molar refractivity (Wildman–Crippen MR) is 107 cm³/mol. The van der Waals surface area contributed by atoms with Crippen LogP contribution in [0, 0.1) is 0 Å². The molecular formula is C22H25N3O2. The van der Waals surface area contributed by atoms with Gasteiger partial charge in [0, 0.05) is 42.9 Å². The fourth-order valence-electron chi connectivity index (χ4n) is 2.99. The van der Waals surface area contributed by atoms with E-state index in [9.17, 15) is 4.79 Å². The van der Waals surface area contributed by atoms with Crippen LogP contribution in [-0.2, 0) is 6.42 Å². The highest BCUT2D eigenvalue weighted by molar-refractivity contribution is 5.94. The van der Waals surface area contributed by atoms with E-state index in [4.69, 9.17) is 10.3 Å². The maximum absolute atomic E-state index is 12.4. The normalized spacial score (nSPS) is 10.7. The number of hydrogen-bond donors (Lipinski definition) is 1. The van der Waals surface area contributed by atoms with Crippen molar-refractivity contribution in [3.05, 3.63) is 72.0 Å². The first-order valence-electron chi connectivity index (χ1n) is 9.25. The Morgan fingerprint density at radius 1 is 1.04 bits per heavy atom. The lowest BCUT2D eigenvalue weighted by molar-refractivity contribution is 0.0792. The monoisotopic (exact) mass is 363 g/mol. The Labute approximate surface area is 159 Å². The summed E-state index contributed by atoms with van der Waals surface area (Å²) in [5.74, 6) is 0.906. The molecule has 0 atom stereocenters. The van der Waals surface area contributed by atoms with Gasteiger partial charge in [-0.1, -0.05) is 48.0 Å². The fraction of sp³-hybridized carbons (Fsp3) is 0.273. The lowest BCUT2D eigenvalue weighted by atomic mass is 10.1. The van der Waals surface area contributed by atoms with E-state index in [1.807, 2.05) is 43.4 Å². The number of nitrogens with two attached hydrogens (primary N) is 1. The van der Waals surface area contributed by atoms with Crippen molar-refractivity contribution < 1.29 is 9.32 Å². The van der Waals surface area contributed by atoms with Crippen LogP contribution in [0.5, 0.6) is 0 Å². The van der Waals surface area contributed by atoms with Crippen LogP contribution in [-0.4, -0.2) is 29.6 Å². The van der Waals surface area contributed by atoms with Gasteiger partial charge in [0.05, 0.1) is 0 Å². The summed E-state index contributed by atoms with van der Waals surface area (Å²) in [6.07, 6.45) is 3.83. The molecular weight excluding hydrogens is 338 g/mol. The van der Waals surface area contributed by atoms with Crippen molar-refractivity contribution >= 4 is 11.6 Å². The Kier molecular flexibility index (Phi) is 6.26. The SMILES string of the molecule is CN(CCCCCc1cc(-c2ccccc2)no1)C(=O)c1cccc(N)c1. The van der Waals surface area contributed by atoms with Gasteiger partial charge >= 0.3 is 0 Å². The second-order valence-electron chi connectivity index (χ2n) is 6.71. The molecule has 0 bridgehead atoms. The number of amides is 1. The lowest BCUT2D eigenvalue weighted by Gasteiger charge is -2.17. The van der Waals surface area contributed by atoms with Gasteiger partial charge in [-0.25, -0.2) is 0 Å². The van der Waals surface area contributed by atoms with Gasteiger partial charge < -0.3 is 15.2 Å². The summed E-state index contributed by atoms with van der Waals surface area (Å²) < 4.78 is 5.43. The van der Waals surface area contributed by atoms with Crippen molar-refractivity contribution in [1.29, 1.82) is 0 Å². The molecule has 1 amide bonds. The molecule has 1 heterocycles. The second-order valence-corrected chi connectivity index (χ2v) is 6.71. The molecule has 3 aromatic rings. The Bertz CT molecular complexity index is 874. The average molecular weight is 363 g/mol. The number of anilines is 1. The number of nitrogens with zero attached hydrogens (tertiary/aromatic N) is 2. The van der Waals surface area contributed by atoms with Crippen molar-refractivity contribution in [2.24, 2.45) is 0 Å². The van der Waals surface area contributed by atoms with E-state index >= 15 is 0 Å². The molecule has 0 aliphatic carbocycles. The number of unbranched alkanes of at least 4 members (excludes halogenated alkanes) is 2. The summed E-state index contributed by atoms with van der Waals surface area (Å²) in [5, 5.41) is 4.14. The number of hydrogen-bond acceptors (Lipinski definition) is 4. The minimum atomic E-state index is 0.00466. The number of carbonyl (C=O) groups is 1. The van der Waals surface area contributed by atoms with Crippen LogP contribution in [0.2, 0.25) is 0 Å². The number of nitrogen functional groups attached to an aromatic ring is 1. The molecule has 3 rings (SSSR count). The van der Waals surface area contributed by atoms with Gasteiger partial charge in [0.1, 0.15) is 11.5 Å². The molecule has 5 nitrogen and oxygen atoms in total. The number of aryl methyl sites for hydroxylation is 1. The summed E-state index contributed by atoms with van der Waals surface area (Å²) in [6, 6.07) is 19.1. The molecule has 1 aromatic heterocycles. The first-order chi connectivity index (χ1) is 13.1. The first-order valence-corrected chi connectivity index (χ1v) is 9.25. The van der Waals surface area contributed by atoms with Gasteiger partial charge in [0.15, 0.2) is 0 Å². The Morgan fingerprint density at radius 2 is 1.85 bits per heavy atom. The van der Waals surface area contributed by atoms with E-state index in [1.165, 1.54) is 0 Å². The van der Waals surface area contributed by atoms with Gasteiger partial charge in [-0.05, 0) is 31.0 Å². The van der Waals surface area contributed by atoms with Crippen molar-refractivity contribution in [2.45, 2.75) is 25.7 Å². The van der Waals surface area contributed by atoms with Gasteiger partial charge in [-0.2, -0.15) is 0 Å². The second kappa shape index (κ2) is 9.03. The highest BCUT2D eigenvalue weighted by Gasteiger charge is 2.11. The molecule has 2 aromatic carbocycles. The zero-order valence-electron chi connectivity index (χ0n) is 15.6. The Morgan fingerprint density at radius 3 is 2.63 bits per heavy atom. The zero-order chi connectivity index (χ0) is 19.1. The highest BCUT2D eigenvalue weighted by atomic mass is 16.5. The quantitative estimate of drug-likeness (QED) is 0.475. The summed E-state index contributed by atoms with van der Waals surface area (Å²) >= 11 is 0. The molecule has 27 heavy (non-hydrogen) atoms. The van der Waals surface area contributed by atoms with Crippen molar-refractivity contribution in [3.8, 4) is 11.3 Å². The summed E-state index contributed by atoms with van der Waals surface area (Å²) in [4.78, 5) is 14.1. The fourth-order valence-corrected chi connectivity index (χ4v) is 2.99.